The van der Waals surface area contributed by atoms with E-state index in [0.29, 0.717) is 4.90 Å². The van der Waals surface area contributed by atoms with Crippen LogP contribution >= 0.6 is 11.8 Å². The minimum Gasteiger partial charge on any atom is -0.452 e. The molecule has 1 saturated carbocycles. The van der Waals surface area contributed by atoms with Crippen LogP contribution < -0.4 is 11.1 Å². The van der Waals surface area contributed by atoms with Gasteiger partial charge in [-0.05, 0) is 25.0 Å². The Morgan fingerprint density at radius 3 is 2.54 bits per heavy atom. The normalized spacial score (nSPS) is 14.2. The average molecular weight is 407 g/mol. The first-order chi connectivity index (χ1) is 13.4. The molecule has 1 aliphatic rings. The molecule has 1 aromatic rings. The van der Waals surface area contributed by atoms with Crippen molar-refractivity contribution < 1.29 is 23.9 Å². The van der Waals surface area contributed by atoms with Crippen LogP contribution in [0.5, 0.6) is 0 Å². The molecule has 152 valence electrons. The number of carbonyl (C=O) groups is 4. The predicted octanol–water partition coefficient (Wildman–Crippen LogP) is 1.92. The Bertz CT molecular complexity index is 734. The summed E-state index contributed by atoms with van der Waals surface area (Å²) in [5.41, 5.74) is 5.09. The first kappa shape index (κ1) is 21.7. The summed E-state index contributed by atoms with van der Waals surface area (Å²) in [5, 5.41) is 1.82. The summed E-state index contributed by atoms with van der Waals surface area (Å²) in [6.07, 6.45) is 5.58. The van der Waals surface area contributed by atoms with Crippen molar-refractivity contribution in [2.75, 3.05) is 19.4 Å². The van der Waals surface area contributed by atoms with Crippen LogP contribution in [-0.2, 0) is 14.3 Å². The number of nitrogens with two attached hydrogens (primary N) is 1. The lowest BCUT2D eigenvalue weighted by Crippen LogP contribution is -2.39. The fourth-order valence-corrected chi connectivity index (χ4v) is 4.02. The number of hydrogen-bond acceptors (Lipinski definition) is 6. The van der Waals surface area contributed by atoms with E-state index < -0.39 is 24.5 Å². The van der Waals surface area contributed by atoms with Crippen LogP contribution in [-0.4, -0.2) is 54.2 Å². The van der Waals surface area contributed by atoms with E-state index in [4.69, 9.17) is 10.5 Å². The molecule has 1 aliphatic carbocycles. The molecular formula is C19H25N3O5S. The lowest BCUT2D eigenvalue weighted by atomic mass is 9.94. The Labute approximate surface area is 168 Å². The number of thioether (sulfide) groups is 1. The van der Waals surface area contributed by atoms with Gasteiger partial charge in [0.05, 0.1) is 11.3 Å². The van der Waals surface area contributed by atoms with E-state index in [-0.39, 0.29) is 23.3 Å². The lowest BCUT2D eigenvalue weighted by Gasteiger charge is -2.31. The third-order valence-electron chi connectivity index (χ3n) is 4.57. The highest BCUT2D eigenvalue weighted by molar-refractivity contribution is 8.00. The molecule has 0 bridgehead atoms. The third kappa shape index (κ3) is 6.56. The fraction of sp³-hybridized carbons (Fsp3) is 0.474. The Morgan fingerprint density at radius 1 is 1.18 bits per heavy atom. The minimum absolute atomic E-state index is 0.0147. The molecule has 2 rings (SSSR count). The number of ether oxygens (including phenoxy) is 1. The second-order valence-electron chi connectivity index (χ2n) is 6.57. The van der Waals surface area contributed by atoms with Gasteiger partial charge in [0.2, 0.25) is 5.91 Å². The van der Waals surface area contributed by atoms with Crippen LogP contribution in [0.15, 0.2) is 29.2 Å². The van der Waals surface area contributed by atoms with Crippen molar-refractivity contribution in [3.05, 3.63) is 29.8 Å². The van der Waals surface area contributed by atoms with E-state index in [1.165, 1.54) is 18.2 Å². The molecule has 0 unspecified atom stereocenters. The Morgan fingerprint density at radius 2 is 1.86 bits per heavy atom. The van der Waals surface area contributed by atoms with Crippen LogP contribution in [0.1, 0.15) is 42.5 Å². The topological polar surface area (TPSA) is 119 Å². The average Bonchev–Trinajstić information content (AvgIpc) is 2.70. The first-order valence-electron chi connectivity index (χ1n) is 9.12. The molecule has 9 heteroatoms. The number of imide groups is 1. The molecule has 0 heterocycles. The summed E-state index contributed by atoms with van der Waals surface area (Å²) < 4.78 is 4.91. The van der Waals surface area contributed by atoms with Crippen molar-refractivity contribution in [2.24, 2.45) is 5.73 Å². The SMILES string of the molecule is CN(C(=O)CSc1ccccc1C(=O)OCC(=O)NC(N)=O)C1CCCCC1. The van der Waals surface area contributed by atoms with E-state index in [2.05, 4.69) is 0 Å². The second kappa shape index (κ2) is 10.7. The molecule has 3 N–H and O–H groups in total. The van der Waals surface area contributed by atoms with Gasteiger partial charge >= 0.3 is 12.0 Å². The highest BCUT2D eigenvalue weighted by Crippen LogP contribution is 2.26. The Hall–Kier alpha value is -2.55. The van der Waals surface area contributed by atoms with Crippen molar-refractivity contribution >= 4 is 35.6 Å². The number of carbonyl (C=O) groups excluding carboxylic acids is 4. The summed E-state index contributed by atoms with van der Waals surface area (Å²) in [6, 6.07) is 5.97. The number of nitrogens with one attached hydrogen (secondary N) is 1. The van der Waals surface area contributed by atoms with E-state index in [0.717, 1.165) is 25.7 Å². The standard InChI is InChI=1S/C19H25N3O5S/c1-22(13-7-3-2-4-8-13)17(24)12-28-15-10-6-5-9-14(15)18(25)27-11-16(23)21-19(20)26/h5-6,9-10,13H,2-4,7-8,11-12H2,1H3,(H3,20,21,23,26). The maximum Gasteiger partial charge on any atom is 0.339 e. The summed E-state index contributed by atoms with van der Waals surface area (Å²) in [6.45, 7) is -0.621. The van der Waals surface area contributed by atoms with Crippen molar-refractivity contribution in [1.29, 1.82) is 0 Å². The quantitative estimate of drug-likeness (QED) is 0.526. The molecule has 28 heavy (non-hydrogen) atoms. The third-order valence-corrected chi connectivity index (χ3v) is 5.63. The molecule has 0 radical (unpaired) electrons. The number of amides is 4. The van der Waals surface area contributed by atoms with Gasteiger partial charge in [0, 0.05) is 18.0 Å². The molecule has 8 nitrogen and oxygen atoms in total. The van der Waals surface area contributed by atoms with Crippen LogP contribution in [0.2, 0.25) is 0 Å². The van der Waals surface area contributed by atoms with Gasteiger partial charge in [-0.25, -0.2) is 9.59 Å². The zero-order valence-corrected chi connectivity index (χ0v) is 16.6. The van der Waals surface area contributed by atoms with Crippen LogP contribution in [0.25, 0.3) is 0 Å². The van der Waals surface area contributed by atoms with Gasteiger partial charge in [-0.3, -0.25) is 14.9 Å². The first-order valence-corrected chi connectivity index (χ1v) is 10.1. The van der Waals surface area contributed by atoms with Crippen molar-refractivity contribution in [3.63, 3.8) is 0 Å². The molecule has 4 amide bonds. The highest BCUT2D eigenvalue weighted by Gasteiger charge is 2.23. The highest BCUT2D eigenvalue weighted by atomic mass is 32.2. The number of primary amides is 1. The van der Waals surface area contributed by atoms with Gasteiger partial charge in [-0.1, -0.05) is 31.4 Å². The van der Waals surface area contributed by atoms with Crippen LogP contribution in [0, 0.1) is 0 Å². The molecule has 0 aliphatic heterocycles. The number of rotatable bonds is 7. The minimum atomic E-state index is -1.02. The molecule has 0 saturated heterocycles. The molecule has 1 fully saturated rings. The van der Waals surface area contributed by atoms with Gasteiger partial charge in [0.15, 0.2) is 6.61 Å². The van der Waals surface area contributed by atoms with E-state index >= 15 is 0 Å². The van der Waals surface area contributed by atoms with Gasteiger partial charge in [0.25, 0.3) is 5.91 Å². The van der Waals surface area contributed by atoms with Crippen molar-refractivity contribution in [3.8, 4) is 0 Å². The Kier molecular flexibility index (Phi) is 8.31. The summed E-state index contributed by atoms with van der Waals surface area (Å²) in [4.78, 5) is 49.1. The smallest absolute Gasteiger partial charge is 0.339 e. The van der Waals surface area contributed by atoms with Gasteiger partial charge in [0.1, 0.15) is 0 Å². The maximum atomic E-state index is 12.5. The second-order valence-corrected chi connectivity index (χ2v) is 7.59. The molecule has 0 atom stereocenters. The monoisotopic (exact) mass is 407 g/mol. The van der Waals surface area contributed by atoms with Crippen molar-refractivity contribution in [2.45, 2.75) is 43.0 Å². The lowest BCUT2D eigenvalue weighted by molar-refractivity contribution is -0.129. The number of urea groups is 1. The number of benzene rings is 1. The predicted molar refractivity (Wildman–Crippen MR) is 105 cm³/mol. The zero-order chi connectivity index (χ0) is 20.5. The van der Waals surface area contributed by atoms with E-state index in [1.54, 1.807) is 29.2 Å². The maximum absolute atomic E-state index is 12.5. The van der Waals surface area contributed by atoms with E-state index in [1.807, 2.05) is 12.4 Å². The fourth-order valence-electron chi connectivity index (χ4n) is 3.06. The van der Waals surface area contributed by atoms with Crippen LogP contribution in [0.3, 0.4) is 0 Å². The van der Waals surface area contributed by atoms with Gasteiger partial charge in [-0.15, -0.1) is 11.8 Å². The van der Waals surface area contributed by atoms with Crippen molar-refractivity contribution in [1.82, 2.24) is 10.2 Å². The Balaban J connectivity index is 1.91. The zero-order valence-electron chi connectivity index (χ0n) is 15.8. The van der Waals surface area contributed by atoms with E-state index in [9.17, 15) is 19.2 Å². The number of hydrogen-bond donors (Lipinski definition) is 2. The summed E-state index contributed by atoms with van der Waals surface area (Å²) >= 11 is 1.25. The van der Waals surface area contributed by atoms with Gasteiger partial charge < -0.3 is 15.4 Å². The largest absolute Gasteiger partial charge is 0.452 e. The number of nitrogens with zero attached hydrogens (tertiary/aromatic N) is 1. The molecule has 1 aromatic carbocycles. The molecular weight excluding hydrogens is 382 g/mol. The number of esters is 1. The molecule has 0 aromatic heterocycles. The summed E-state index contributed by atoms with van der Waals surface area (Å²) in [5.74, 6) is -1.30. The van der Waals surface area contributed by atoms with Gasteiger partial charge in [-0.2, -0.15) is 0 Å². The van der Waals surface area contributed by atoms with Crippen LogP contribution in [0.4, 0.5) is 4.79 Å². The molecule has 0 spiro atoms. The summed E-state index contributed by atoms with van der Waals surface area (Å²) in [7, 11) is 1.83.